The summed E-state index contributed by atoms with van der Waals surface area (Å²) in [6.45, 7) is 3.78. The van der Waals surface area contributed by atoms with Crippen LogP contribution in [0.5, 0.6) is 0 Å². The minimum absolute atomic E-state index is 0.216. The minimum Gasteiger partial charge on any atom is -0.393 e. The van der Waals surface area contributed by atoms with E-state index in [0.717, 1.165) is 51.4 Å². The Labute approximate surface area is 364 Å². The molecule has 0 aliphatic heterocycles. The summed E-state index contributed by atoms with van der Waals surface area (Å²) in [4.78, 5) is 23.4. The number of nitrogens with one attached hydrogen (secondary N) is 1. The highest BCUT2D eigenvalue weighted by Crippen LogP contribution is 2.47. The van der Waals surface area contributed by atoms with Crippen molar-refractivity contribution in [2.45, 2.75) is 281 Å². The molecule has 0 aromatic heterocycles. The summed E-state index contributed by atoms with van der Waals surface area (Å²) in [5.41, 5.74) is 0. The number of hydrogen-bond acceptors (Lipinski definition) is 11. The summed E-state index contributed by atoms with van der Waals surface area (Å²) in [6.07, 6.45) is 23.1. The number of aliphatic hydroxyl groups is 7. The molecular weight excluding hydrogens is 789 g/mol. The average molecular weight is 882 g/mol. The van der Waals surface area contributed by atoms with Gasteiger partial charge in [0, 0.05) is 0 Å². The van der Waals surface area contributed by atoms with Crippen LogP contribution in [-0.4, -0.2) is 108 Å². The summed E-state index contributed by atoms with van der Waals surface area (Å²) in [5.74, 6) is -0.557. The highest BCUT2D eigenvalue weighted by atomic mass is 31.2. The number of aliphatic hydroxyl groups excluding tert-OH is 7. The van der Waals surface area contributed by atoms with Gasteiger partial charge in [0.25, 0.3) is 0 Å². The van der Waals surface area contributed by atoms with Crippen LogP contribution >= 0.6 is 7.82 Å². The largest absolute Gasteiger partial charge is 0.472 e. The van der Waals surface area contributed by atoms with Gasteiger partial charge in [0.15, 0.2) is 0 Å². The van der Waals surface area contributed by atoms with Crippen LogP contribution in [0, 0.1) is 0 Å². The molecule has 0 aromatic rings. The number of unbranched alkanes of at least 4 members (excludes halogenated alkanes) is 28. The van der Waals surface area contributed by atoms with E-state index in [1.807, 2.05) is 0 Å². The Morgan fingerprint density at radius 3 is 1.20 bits per heavy atom. The summed E-state index contributed by atoms with van der Waals surface area (Å²) in [5, 5.41) is 74.6. The van der Waals surface area contributed by atoms with E-state index in [-0.39, 0.29) is 12.8 Å². The summed E-state index contributed by atoms with van der Waals surface area (Å²) < 4.78 is 22.9. The fraction of sp³-hybridized carbons (Fsp3) is 0.978. The first kappa shape index (κ1) is 57.3. The number of hydrogen-bond donors (Lipinski definition) is 9. The van der Waals surface area contributed by atoms with Crippen LogP contribution in [0.25, 0.3) is 0 Å². The van der Waals surface area contributed by atoms with E-state index in [2.05, 4.69) is 19.2 Å². The van der Waals surface area contributed by atoms with E-state index in [9.17, 15) is 50.0 Å². The number of phosphoric acid groups is 1. The van der Waals surface area contributed by atoms with Gasteiger partial charge in [-0.2, -0.15) is 0 Å². The van der Waals surface area contributed by atoms with E-state index < -0.39 is 75.2 Å². The quantitative estimate of drug-likeness (QED) is 0.0208. The molecule has 60 heavy (non-hydrogen) atoms. The molecule has 0 saturated heterocycles. The third-order valence-electron chi connectivity index (χ3n) is 12.2. The SMILES string of the molecule is CCCCCCCCCCCCCCCCCCCCCCC(O)CC(=O)NC(COP(=O)(O)OC1C(O)C(O)C(O)C(O)C1O)C(O)CCCCCCCCCCCC. The number of carbonyl (C=O) groups excluding carboxylic acids is 1. The van der Waals surface area contributed by atoms with E-state index >= 15 is 0 Å². The van der Waals surface area contributed by atoms with E-state index in [0.29, 0.717) is 12.8 Å². The van der Waals surface area contributed by atoms with Gasteiger partial charge >= 0.3 is 7.82 Å². The number of phosphoric ester groups is 1. The van der Waals surface area contributed by atoms with Gasteiger partial charge in [0.05, 0.1) is 31.3 Å². The molecule has 1 aliphatic rings. The third kappa shape index (κ3) is 28.2. The normalized spacial score (nSPS) is 23.3. The van der Waals surface area contributed by atoms with Gasteiger partial charge in [-0.25, -0.2) is 4.57 Å². The molecule has 0 bridgehead atoms. The van der Waals surface area contributed by atoms with Crippen molar-refractivity contribution in [3.8, 4) is 0 Å². The Kier molecular flexibility index (Phi) is 35.0. The van der Waals surface area contributed by atoms with Crippen LogP contribution in [0.4, 0.5) is 0 Å². The molecule has 13 nitrogen and oxygen atoms in total. The molecule has 14 heteroatoms. The zero-order valence-electron chi connectivity index (χ0n) is 37.9. The standard InChI is InChI=1S/C46H92NO12P/c1-3-5-7-9-11-13-15-16-17-18-19-20-21-22-23-24-25-27-29-31-33-37(48)35-40(50)47-38(39(49)34-32-30-28-26-14-12-10-8-6-4-2)36-58-60(56,57)59-46-44(54)42(52)41(51)43(53)45(46)55/h37-39,41-46,48-49,51-55H,3-36H2,1-2H3,(H,47,50)(H,56,57). The van der Waals surface area contributed by atoms with Crippen molar-refractivity contribution in [3.05, 3.63) is 0 Å². The summed E-state index contributed by atoms with van der Waals surface area (Å²) in [6, 6.07) is -1.15. The maximum atomic E-state index is 13.0. The smallest absolute Gasteiger partial charge is 0.393 e. The molecule has 0 spiro atoms. The lowest BCUT2D eigenvalue weighted by Crippen LogP contribution is -2.64. The van der Waals surface area contributed by atoms with Crippen molar-refractivity contribution in [1.29, 1.82) is 0 Å². The number of carbonyl (C=O) groups is 1. The molecule has 8 atom stereocenters. The first-order valence-corrected chi connectivity index (χ1v) is 26.1. The maximum Gasteiger partial charge on any atom is 0.472 e. The van der Waals surface area contributed by atoms with Gasteiger partial charge in [0.1, 0.15) is 36.6 Å². The van der Waals surface area contributed by atoms with Gasteiger partial charge in [-0.05, 0) is 12.8 Å². The first-order chi connectivity index (χ1) is 28.8. The van der Waals surface area contributed by atoms with Crippen LogP contribution in [0.15, 0.2) is 0 Å². The van der Waals surface area contributed by atoms with Crippen LogP contribution in [-0.2, 0) is 18.4 Å². The fourth-order valence-electron chi connectivity index (χ4n) is 8.19. The molecule has 8 unspecified atom stereocenters. The zero-order chi connectivity index (χ0) is 44.4. The third-order valence-corrected chi connectivity index (χ3v) is 13.2. The Morgan fingerprint density at radius 2 is 0.833 bits per heavy atom. The second-order valence-electron chi connectivity index (χ2n) is 17.9. The molecule has 1 aliphatic carbocycles. The first-order valence-electron chi connectivity index (χ1n) is 24.6. The van der Waals surface area contributed by atoms with Crippen LogP contribution in [0.3, 0.4) is 0 Å². The molecule has 9 N–H and O–H groups in total. The van der Waals surface area contributed by atoms with Crippen molar-refractivity contribution < 1.29 is 59.0 Å². The Balaban J connectivity index is 2.40. The molecule has 0 radical (unpaired) electrons. The van der Waals surface area contributed by atoms with Crippen molar-refractivity contribution in [2.24, 2.45) is 0 Å². The van der Waals surface area contributed by atoms with Gasteiger partial charge in [0.2, 0.25) is 5.91 Å². The number of rotatable bonds is 41. The van der Waals surface area contributed by atoms with Crippen molar-refractivity contribution in [1.82, 2.24) is 5.32 Å². The Morgan fingerprint density at radius 1 is 0.517 bits per heavy atom. The van der Waals surface area contributed by atoms with Gasteiger partial charge in [-0.15, -0.1) is 0 Å². The predicted octanol–water partition coefficient (Wildman–Crippen LogP) is 8.43. The lowest BCUT2D eigenvalue weighted by molar-refractivity contribution is -0.220. The average Bonchev–Trinajstić information content (AvgIpc) is 3.22. The second kappa shape index (κ2) is 36.6. The molecule has 1 saturated carbocycles. The van der Waals surface area contributed by atoms with Crippen LogP contribution < -0.4 is 5.32 Å². The lowest BCUT2D eigenvalue weighted by Gasteiger charge is -2.41. The molecule has 358 valence electrons. The summed E-state index contributed by atoms with van der Waals surface area (Å²) >= 11 is 0. The maximum absolute atomic E-state index is 13.0. The summed E-state index contributed by atoms with van der Waals surface area (Å²) in [7, 11) is -5.11. The highest BCUT2D eigenvalue weighted by Gasteiger charge is 2.51. The van der Waals surface area contributed by atoms with Gasteiger partial charge < -0.3 is 46.0 Å². The van der Waals surface area contributed by atoms with Crippen LogP contribution in [0.2, 0.25) is 0 Å². The van der Waals surface area contributed by atoms with E-state index in [1.54, 1.807) is 0 Å². The Bertz CT molecular complexity index is 1040. The predicted molar refractivity (Wildman–Crippen MR) is 238 cm³/mol. The lowest BCUT2D eigenvalue weighted by atomic mass is 9.85. The van der Waals surface area contributed by atoms with Crippen LogP contribution in [0.1, 0.15) is 226 Å². The molecule has 0 aromatic carbocycles. The topological polar surface area (TPSA) is 226 Å². The number of amides is 1. The second-order valence-corrected chi connectivity index (χ2v) is 19.3. The van der Waals surface area contributed by atoms with Gasteiger partial charge in [-0.3, -0.25) is 13.8 Å². The fourth-order valence-corrected chi connectivity index (χ4v) is 9.16. The van der Waals surface area contributed by atoms with E-state index in [1.165, 1.54) is 135 Å². The van der Waals surface area contributed by atoms with Crippen molar-refractivity contribution >= 4 is 13.7 Å². The zero-order valence-corrected chi connectivity index (χ0v) is 38.8. The Hall–Kier alpha value is -0.700. The molecule has 1 fully saturated rings. The molecule has 1 amide bonds. The van der Waals surface area contributed by atoms with Gasteiger partial charge in [-0.1, -0.05) is 206 Å². The minimum atomic E-state index is -5.11. The molecular formula is C46H92NO12P. The molecule has 0 heterocycles. The highest BCUT2D eigenvalue weighted by molar-refractivity contribution is 7.47. The van der Waals surface area contributed by atoms with E-state index in [4.69, 9.17) is 9.05 Å². The monoisotopic (exact) mass is 882 g/mol. The van der Waals surface area contributed by atoms with Crippen molar-refractivity contribution in [3.63, 3.8) is 0 Å². The van der Waals surface area contributed by atoms with Crippen molar-refractivity contribution in [2.75, 3.05) is 6.61 Å². The molecule has 1 rings (SSSR count).